The van der Waals surface area contributed by atoms with Crippen LogP contribution in [0.15, 0.2) is 30.3 Å². The first kappa shape index (κ1) is 17.0. The molecule has 0 atom stereocenters. The Morgan fingerprint density at radius 2 is 1.80 bits per heavy atom. The minimum Gasteiger partial charge on any atom is -0.497 e. The first-order valence-electron chi connectivity index (χ1n) is 8.18. The molecule has 0 N–H and O–H groups in total. The van der Waals surface area contributed by atoms with Gasteiger partial charge in [0.05, 0.1) is 14.2 Å². The van der Waals surface area contributed by atoms with E-state index in [4.69, 9.17) is 9.47 Å². The van der Waals surface area contributed by atoms with Gasteiger partial charge in [0.1, 0.15) is 17.4 Å². The summed E-state index contributed by atoms with van der Waals surface area (Å²) >= 11 is 0. The molecule has 1 fully saturated rings. The van der Waals surface area contributed by atoms with Crippen molar-refractivity contribution in [2.45, 2.75) is 6.92 Å². The molecule has 7 nitrogen and oxygen atoms in total. The Morgan fingerprint density at radius 1 is 1.04 bits per heavy atom. The maximum Gasteiger partial charge on any atom is 0.254 e. The van der Waals surface area contributed by atoms with Crippen LogP contribution in [0.1, 0.15) is 16.2 Å². The predicted octanol–water partition coefficient (Wildman–Crippen LogP) is 1.76. The van der Waals surface area contributed by atoms with Gasteiger partial charge in [-0.3, -0.25) is 4.79 Å². The summed E-state index contributed by atoms with van der Waals surface area (Å²) in [5.74, 6) is 2.77. The van der Waals surface area contributed by atoms with Crippen LogP contribution in [0.4, 0.5) is 5.82 Å². The Balaban J connectivity index is 1.67. The van der Waals surface area contributed by atoms with Gasteiger partial charge >= 0.3 is 0 Å². The van der Waals surface area contributed by atoms with E-state index in [1.54, 1.807) is 20.3 Å². The van der Waals surface area contributed by atoms with Crippen LogP contribution >= 0.6 is 0 Å². The van der Waals surface area contributed by atoms with Gasteiger partial charge in [-0.25, -0.2) is 4.98 Å². The Labute approximate surface area is 147 Å². The summed E-state index contributed by atoms with van der Waals surface area (Å²) in [4.78, 5) is 25.4. The van der Waals surface area contributed by atoms with E-state index in [1.165, 1.54) is 0 Å². The summed E-state index contributed by atoms with van der Waals surface area (Å²) in [6.45, 7) is 4.56. The molecule has 0 saturated carbocycles. The van der Waals surface area contributed by atoms with Gasteiger partial charge in [-0.2, -0.15) is 4.98 Å². The average molecular weight is 342 g/mol. The first-order chi connectivity index (χ1) is 12.1. The van der Waals surface area contributed by atoms with Crippen molar-refractivity contribution < 1.29 is 14.3 Å². The van der Waals surface area contributed by atoms with E-state index in [0.717, 1.165) is 18.9 Å². The van der Waals surface area contributed by atoms with Crippen LogP contribution in [0.2, 0.25) is 0 Å². The van der Waals surface area contributed by atoms with E-state index in [-0.39, 0.29) is 5.91 Å². The molecule has 3 rings (SSSR count). The molecule has 1 aliphatic heterocycles. The first-order valence-corrected chi connectivity index (χ1v) is 8.18. The van der Waals surface area contributed by atoms with Gasteiger partial charge in [0.2, 0.25) is 5.88 Å². The number of hydrogen-bond acceptors (Lipinski definition) is 6. The minimum atomic E-state index is 0.0231. The van der Waals surface area contributed by atoms with E-state index < -0.39 is 0 Å². The number of nitrogens with zero attached hydrogens (tertiary/aromatic N) is 4. The normalized spacial score (nSPS) is 14.4. The summed E-state index contributed by atoms with van der Waals surface area (Å²) in [7, 11) is 3.19. The second-order valence-corrected chi connectivity index (χ2v) is 5.83. The van der Waals surface area contributed by atoms with Gasteiger partial charge in [-0.05, 0) is 25.1 Å². The number of anilines is 1. The highest BCUT2D eigenvalue weighted by Gasteiger charge is 2.23. The van der Waals surface area contributed by atoms with Crippen LogP contribution in [0.3, 0.4) is 0 Å². The Morgan fingerprint density at radius 3 is 2.48 bits per heavy atom. The van der Waals surface area contributed by atoms with Gasteiger partial charge in [0, 0.05) is 37.8 Å². The summed E-state index contributed by atoms with van der Waals surface area (Å²) < 4.78 is 10.4. The molecule has 1 aromatic carbocycles. The number of piperazine rings is 1. The van der Waals surface area contributed by atoms with Gasteiger partial charge in [0.25, 0.3) is 5.91 Å². The van der Waals surface area contributed by atoms with Crippen LogP contribution in [-0.2, 0) is 0 Å². The highest BCUT2D eigenvalue weighted by molar-refractivity contribution is 5.94. The zero-order valence-electron chi connectivity index (χ0n) is 14.7. The fraction of sp³-hybridized carbons (Fsp3) is 0.389. The molecule has 1 amide bonds. The lowest BCUT2D eigenvalue weighted by Gasteiger charge is -2.35. The molecule has 0 unspecified atom stereocenters. The zero-order chi connectivity index (χ0) is 17.8. The molecule has 25 heavy (non-hydrogen) atoms. The number of hydrogen-bond donors (Lipinski definition) is 0. The number of ether oxygens (including phenoxy) is 2. The van der Waals surface area contributed by atoms with Crippen molar-refractivity contribution in [2.75, 3.05) is 45.3 Å². The van der Waals surface area contributed by atoms with Crippen LogP contribution < -0.4 is 14.4 Å². The molecule has 132 valence electrons. The monoisotopic (exact) mass is 342 g/mol. The lowest BCUT2D eigenvalue weighted by atomic mass is 10.1. The molecule has 7 heteroatoms. The van der Waals surface area contributed by atoms with E-state index in [1.807, 2.05) is 36.1 Å². The molecular weight excluding hydrogens is 320 g/mol. The molecule has 1 aliphatic rings. The second kappa shape index (κ2) is 7.38. The fourth-order valence-corrected chi connectivity index (χ4v) is 2.87. The maximum atomic E-state index is 12.7. The van der Waals surface area contributed by atoms with Crippen LogP contribution in [0.25, 0.3) is 0 Å². The van der Waals surface area contributed by atoms with Crippen LogP contribution in [-0.4, -0.2) is 61.2 Å². The van der Waals surface area contributed by atoms with Crippen molar-refractivity contribution in [3.05, 3.63) is 41.7 Å². The molecule has 2 aromatic rings. The Hall–Kier alpha value is -2.83. The number of aromatic nitrogens is 2. The molecular formula is C18H22N4O3. The van der Waals surface area contributed by atoms with Gasteiger partial charge < -0.3 is 19.3 Å². The molecule has 0 aliphatic carbocycles. The SMILES string of the molecule is COc1cccc(C(=O)N2CCN(c3cc(OC)nc(C)n3)CC2)c1. The Kier molecular flexibility index (Phi) is 5.02. The predicted molar refractivity (Wildman–Crippen MR) is 94.4 cm³/mol. The number of rotatable bonds is 4. The van der Waals surface area contributed by atoms with Gasteiger partial charge in [0.15, 0.2) is 0 Å². The zero-order valence-corrected chi connectivity index (χ0v) is 14.7. The van der Waals surface area contributed by atoms with Gasteiger partial charge in [-0.15, -0.1) is 0 Å². The average Bonchev–Trinajstić information content (AvgIpc) is 2.67. The van der Waals surface area contributed by atoms with Crippen molar-refractivity contribution in [1.29, 1.82) is 0 Å². The number of amides is 1. The number of carbonyl (C=O) groups is 1. The topological polar surface area (TPSA) is 67.8 Å². The summed E-state index contributed by atoms with van der Waals surface area (Å²) in [5.41, 5.74) is 0.646. The number of carbonyl (C=O) groups excluding carboxylic acids is 1. The third kappa shape index (κ3) is 3.81. The van der Waals surface area contributed by atoms with Crippen LogP contribution in [0, 0.1) is 6.92 Å². The minimum absolute atomic E-state index is 0.0231. The number of benzene rings is 1. The summed E-state index contributed by atoms with van der Waals surface area (Å²) in [6, 6.07) is 9.08. The van der Waals surface area contributed by atoms with E-state index >= 15 is 0 Å². The lowest BCUT2D eigenvalue weighted by Crippen LogP contribution is -2.49. The van der Waals surface area contributed by atoms with Crippen molar-refractivity contribution >= 4 is 11.7 Å². The molecule has 1 saturated heterocycles. The third-order valence-corrected chi connectivity index (χ3v) is 4.22. The lowest BCUT2D eigenvalue weighted by molar-refractivity contribution is 0.0746. The largest absolute Gasteiger partial charge is 0.497 e. The van der Waals surface area contributed by atoms with Gasteiger partial charge in [-0.1, -0.05) is 6.07 Å². The third-order valence-electron chi connectivity index (χ3n) is 4.22. The number of methoxy groups -OCH3 is 2. The summed E-state index contributed by atoms with van der Waals surface area (Å²) in [5, 5.41) is 0. The van der Waals surface area contributed by atoms with E-state index in [9.17, 15) is 4.79 Å². The highest BCUT2D eigenvalue weighted by Crippen LogP contribution is 2.20. The standard InChI is InChI=1S/C18H22N4O3/c1-13-19-16(12-17(20-13)25-3)21-7-9-22(10-8-21)18(23)14-5-4-6-15(11-14)24-2/h4-6,11-12H,7-10H2,1-3H3. The molecule has 2 heterocycles. The molecule has 0 bridgehead atoms. The number of aryl methyl sites for hydroxylation is 1. The summed E-state index contributed by atoms with van der Waals surface area (Å²) in [6.07, 6.45) is 0. The Bertz CT molecular complexity index is 758. The fourth-order valence-electron chi connectivity index (χ4n) is 2.87. The molecule has 0 spiro atoms. The molecule has 1 aromatic heterocycles. The highest BCUT2D eigenvalue weighted by atomic mass is 16.5. The van der Waals surface area contributed by atoms with Crippen molar-refractivity contribution in [2.24, 2.45) is 0 Å². The van der Waals surface area contributed by atoms with Crippen molar-refractivity contribution in [3.63, 3.8) is 0 Å². The van der Waals surface area contributed by atoms with E-state index in [2.05, 4.69) is 14.9 Å². The van der Waals surface area contributed by atoms with Crippen molar-refractivity contribution in [1.82, 2.24) is 14.9 Å². The smallest absolute Gasteiger partial charge is 0.254 e. The quantitative estimate of drug-likeness (QED) is 0.843. The maximum absolute atomic E-state index is 12.7. The second-order valence-electron chi connectivity index (χ2n) is 5.83. The van der Waals surface area contributed by atoms with E-state index in [0.29, 0.717) is 36.1 Å². The van der Waals surface area contributed by atoms with Crippen molar-refractivity contribution in [3.8, 4) is 11.6 Å². The van der Waals surface area contributed by atoms with Crippen LogP contribution in [0.5, 0.6) is 11.6 Å². The molecule has 0 radical (unpaired) electrons.